The summed E-state index contributed by atoms with van der Waals surface area (Å²) >= 11 is 0. The van der Waals surface area contributed by atoms with Crippen LogP contribution in [0.4, 0.5) is 0 Å². The van der Waals surface area contributed by atoms with Gasteiger partial charge in [0.15, 0.2) is 0 Å². The van der Waals surface area contributed by atoms with E-state index in [2.05, 4.69) is 25.7 Å². The van der Waals surface area contributed by atoms with Crippen LogP contribution in [0.2, 0.25) is 0 Å². The van der Waals surface area contributed by atoms with Gasteiger partial charge in [-0.15, -0.1) is 0 Å². The van der Waals surface area contributed by atoms with E-state index < -0.39 is 0 Å². The zero-order valence-corrected chi connectivity index (χ0v) is 8.96. The molecule has 0 unspecified atom stereocenters. The first-order valence-electron chi connectivity index (χ1n) is 4.96. The Balaban J connectivity index is 1.89. The van der Waals surface area contributed by atoms with Crippen LogP contribution in [0.1, 0.15) is 22.5 Å². The summed E-state index contributed by atoms with van der Waals surface area (Å²) in [7, 11) is 0. The Morgan fingerprint density at radius 2 is 2.20 bits per heavy atom. The lowest BCUT2D eigenvalue weighted by Gasteiger charge is -2.02. The molecule has 2 aromatic rings. The molecule has 0 aliphatic heterocycles. The van der Waals surface area contributed by atoms with Gasteiger partial charge >= 0.3 is 0 Å². The second kappa shape index (κ2) is 4.27. The van der Waals surface area contributed by atoms with E-state index in [1.807, 2.05) is 26.2 Å². The van der Waals surface area contributed by atoms with E-state index in [9.17, 15) is 0 Å². The molecule has 15 heavy (non-hydrogen) atoms. The minimum atomic E-state index is 0.820. The molecule has 0 bridgehead atoms. The maximum atomic E-state index is 4.15. The molecule has 0 saturated carbocycles. The molecular formula is C10H15N5. The van der Waals surface area contributed by atoms with Crippen LogP contribution in [-0.4, -0.2) is 20.4 Å². The van der Waals surface area contributed by atoms with Crippen LogP contribution in [0.5, 0.6) is 0 Å². The van der Waals surface area contributed by atoms with E-state index in [-0.39, 0.29) is 0 Å². The van der Waals surface area contributed by atoms with Crippen LogP contribution >= 0.6 is 0 Å². The summed E-state index contributed by atoms with van der Waals surface area (Å²) in [5, 5.41) is 17.1. The number of aromatic nitrogens is 4. The van der Waals surface area contributed by atoms with Crippen molar-refractivity contribution < 1.29 is 0 Å². The fourth-order valence-electron chi connectivity index (χ4n) is 1.54. The van der Waals surface area contributed by atoms with Crippen molar-refractivity contribution in [3.8, 4) is 0 Å². The number of hydrogen-bond donors (Lipinski definition) is 3. The number of nitrogens with one attached hydrogen (secondary N) is 3. The van der Waals surface area contributed by atoms with Gasteiger partial charge in [-0.1, -0.05) is 0 Å². The topological polar surface area (TPSA) is 69.4 Å². The lowest BCUT2D eigenvalue weighted by atomic mass is 10.2. The standard InChI is InChI=1S/C10H15N5/c1-7-10(8(2)15-14-7)6-11-3-9-4-12-13-5-9/h4-5,11H,3,6H2,1-2H3,(H,12,13)(H,14,15). The molecule has 0 saturated heterocycles. The monoisotopic (exact) mass is 205 g/mol. The first kappa shape index (κ1) is 9.92. The lowest BCUT2D eigenvalue weighted by Crippen LogP contribution is -2.13. The van der Waals surface area contributed by atoms with Crippen molar-refractivity contribution in [2.24, 2.45) is 0 Å². The third-order valence-corrected chi connectivity index (χ3v) is 2.47. The highest BCUT2D eigenvalue weighted by Crippen LogP contribution is 2.08. The lowest BCUT2D eigenvalue weighted by molar-refractivity contribution is 0.688. The van der Waals surface area contributed by atoms with Gasteiger partial charge in [0.05, 0.1) is 11.9 Å². The van der Waals surface area contributed by atoms with Crippen LogP contribution in [0.25, 0.3) is 0 Å². The highest BCUT2D eigenvalue weighted by atomic mass is 15.1. The van der Waals surface area contributed by atoms with Crippen LogP contribution in [0.3, 0.4) is 0 Å². The number of aromatic amines is 2. The summed E-state index contributed by atoms with van der Waals surface area (Å²) in [6, 6.07) is 0. The van der Waals surface area contributed by atoms with E-state index in [1.54, 1.807) is 0 Å². The van der Waals surface area contributed by atoms with Crippen LogP contribution < -0.4 is 5.32 Å². The molecule has 0 aliphatic carbocycles. The van der Waals surface area contributed by atoms with Gasteiger partial charge < -0.3 is 5.32 Å². The molecule has 0 spiro atoms. The van der Waals surface area contributed by atoms with Gasteiger partial charge in [-0.2, -0.15) is 10.2 Å². The molecule has 5 heteroatoms. The molecule has 0 atom stereocenters. The molecule has 80 valence electrons. The van der Waals surface area contributed by atoms with Crippen molar-refractivity contribution in [2.45, 2.75) is 26.9 Å². The van der Waals surface area contributed by atoms with Gasteiger partial charge in [0.25, 0.3) is 0 Å². The molecule has 2 rings (SSSR count). The highest BCUT2D eigenvalue weighted by Gasteiger charge is 2.05. The molecule has 2 heterocycles. The number of nitrogens with zero attached hydrogens (tertiary/aromatic N) is 2. The van der Waals surface area contributed by atoms with Gasteiger partial charge in [-0.05, 0) is 13.8 Å². The smallest absolute Gasteiger partial charge is 0.0638 e. The van der Waals surface area contributed by atoms with Crippen molar-refractivity contribution in [1.82, 2.24) is 25.7 Å². The Labute approximate surface area is 88.3 Å². The van der Waals surface area contributed by atoms with Crippen LogP contribution in [0.15, 0.2) is 12.4 Å². The minimum Gasteiger partial charge on any atom is -0.308 e. The Kier molecular flexibility index (Phi) is 2.82. The van der Waals surface area contributed by atoms with Crippen molar-refractivity contribution in [2.75, 3.05) is 0 Å². The Hall–Kier alpha value is -1.62. The zero-order chi connectivity index (χ0) is 10.7. The summed E-state index contributed by atoms with van der Waals surface area (Å²) in [4.78, 5) is 0. The summed E-state index contributed by atoms with van der Waals surface area (Å²) in [6.07, 6.45) is 3.71. The van der Waals surface area contributed by atoms with Gasteiger partial charge in [0.2, 0.25) is 0 Å². The Morgan fingerprint density at radius 3 is 2.80 bits per heavy atom. The molecule has 0 amide bonds. The fourth-order valence-corrected chi connectivity index (χ4v) is 1.54. The molecule has 5 nitrogen and oxygen atoms in total. The second-order valence-electron chi connectivity index (χ2n) is 3.62. The van der Waals surface area contributed by atoms with Crippen LogP contribution in [-0.2, 0) is 13.1 Å². The molecule has 0 aromatic carbocycles. The number of aryl methyl sites for hydroxylation is 2. The van der Waals surface area contributed by atoms with E-state index in [4.69, 9.17) is 0 Å². The summed E-state index contributed by atoms with van der Waals surface area (Å²) in [5.74, 6) is 0. The van der Waals surface area contributed by atoms with E-state index in [1.165, 1.54) is 5.56 Å². The maximum Gasteiger partial charge on any atom is 0.0638 e. The van der Waals surface area contributed by atoms with Gasteiger partial charge in [-0.3, -0.25) is 10.2 Å². The first-order valence-corrected chi connectivity index (χ1v) is 4.96. The van der Waals surface area contributed by atoms with Crippen molar-refractivity contribution >= 4 is 0 Å². The van der Waals surface area contributed by atoms with Crippen molar-refractivity contribution in [3.05, 3.63) is 34.9 Å². The predicted molar refractivity (Wildman–Crippen MR) is 57.2 cm³/mol. The first-order chi connectivity index (χ1) is 7.27. The number of rotatable bonds is 4. The van der Waals surface area contributed by atoms with E-state index in [0.717, 1.165) is 30.0 Å². The normalized spacial score (nSPS) is 10.8. The molecular weight excluding hydrogens is 190 g/mol. The van der Waals surface area contributed by atoms with Crippen LogP contribution in [0, 0.1) is 13.8 Å². The fraction of sp³-hybridized carbons (Fsp3) is 0.400. The Morgan fingerprint density at radius 1 is 1.33 bits per heavy atom. The highest BCUT2D eigenvalue weighted by molar-refractivity contribution is 5.22. The molecule has 2 aromatic heterocycles. The summed E-state index contributed by atoms with van der Waals surface area (Å²) < 4.78 is 0. The minimum absolute atomic E-state index is 0.820. The summed E-state index contributed by atoms with van der Waals surface area (Å²) in [6.45, 7) is 5.70. The molecule has 0 fully saturated rings. The van der Waals surface area contributed by atoms with E-state index in [0.29, 0.717) is 0 Å². The molecule has 0 aliphatic rings. The van der Waals surface area contributed by atoms with Crippen molar-refractivity contribution in [1.29, 1.82) is 0 Å². The SMILES string of the molecule is Cc1n[nH]c(C)c1CNCc1cn[nH]c1. The molecule has 0 radical (unpaired) electrons. The zero-order valence-electron chi connectivity index (χ0n) is 8.96. The third kappa shape index (κ3) is 2.24. The Bertz CT molecular complexity index is 395. The predicted octanol–water partition coefficient (Wildman–Crippen LogP) is 1.04. The number of hydrogen-bond acceptors (Lipinski definition) is 3. The third-order valence-electron chi connectivity index (χ3n) is 2.47. The van der Waals surface area contributed by atoms with Gasteiger partial charge in [0.1, 0.15) is 0 Å². The quantitative estimate of drug-likeness (QED) is 0.698. The van der Waals surface area contributed by atoms with Gasteiger partial charge in [0, 0.05) is 36.1 Å². The average molecular weight is 205 g/mol. The van der Waals surface area contributed by atoms with E-state index >= 15 is 0 Å². The summed E-state index contributed by atoms with van der Waals surface area (Å²) in [5.41, 5.74) is 4.60. The number of H-pyrrole nitrogens is 2. The second-order valence-corrected chi connectivity index (χ2v) is 3.62. The maximum absolute atomic E-state index is 4.15. The average Bonchev–Trinajstić information content (AvgIpc) is 2.82. The van der Waals surface area contributed by atoms with Crippen molar-refractivity contribution in [3.63, 3.8) is 0 Å². The molecule has 3 N–H and O–H groups in total. The largest absolute Gasteiger partial charge is 0.308 e. The van der Waals surface area contributed by atoms with Gasteiger partial charge in [-0.25, -0.2) is 0 Å².